The number of Topliss-reactive ketones (excluding diaryl/α,β-unsaturated/α-hetero) is 1. The lowest BCUT2D eigenvalue weighted by atomic mass is 10.1. The molecule has 0 saturated carbocycles. The van der Waals surface area contributed by atoms with Gasteiger partial charge in [0.2, 0.25) is 0 Å². The maximum atomic E-state index is 12.5. The predicted octanol–water partition coefficient (Wildman–Crippen LogP) is 4.21. The number of amides is 1. The van der Waals surface area contributed by atoms with Crippen LogP contribution in [0.5, 0.6) is 0 Å². The van der Waals surface area contributed by atoms with Gasteiger partial charge in [-0.3, -0.25) is 9.59 Å². The van der Waals surface area contributed by atoms with Gasteiger partial charge >= 0.3 is 0 Å². The molecule has 0 saturated heterocycles. The first-order chi connectivity index (χ1) is 11.0. The predicted molar refractivity (Wildman–Crippen MR) is 92.1 cm³/mol. The van der Waals surface area contributed by atoms with Gasteiger partial charge in [0, 0.05) is 23.5 Å². The molecule has 0 spiro atoms. The highest BCUT2D eigenvalue weighted by molar-refractivity contribution is 6.34. The summed E-state index contributed by atoms with van der Waals surface area (Å²) < 4.78 is 0. The van der Waals surface area contributed by atoms with E-state index in [-0.39, 0.29) is 11.7 Å². The molecule has 3 rings (SSSR count). The van der Waals surface area contributed by atoms with Crippen molar-refractivity contribution in [2.24, 2.45) is 0 Å². The summed E-state index contributed by atoms with van der Waals surface area (Å²) in [4.78, 5) is 26.7. The van der Waals surface area contributed by atoms with Gasteiger partial charge in [-0.1, -0.05) is 35.9 Å². The van der Waals surface area contributed by atoms with Crippen LogP contribution in [0.25, 0.3) is 10.9 Å². The summed E-state index contributed by atoms with van der Waals surface area (Å²) in [5.41, 5.74) is 2.81. The van der Waals surface area contributed by atoms with E-state index in [9.17, 15) is 9.59 Å². The first-order valence-corrected chi connectivity index (χ1v) is 7.58. The molecule has 116 valence electrons. The molecule has 2 aromatic carbocycles. The topological polar surface area (TPSA) is 62.0 Å². The van der Waals surface area contributed by atoms with Gasteiger partial charge in [-0.15, -0.1) is 0 Å². The molecule has 0 atom stereocenters. The van der Waals surface area contributed by atoms with Crippen molar-refractivity contribution in [1.29, 1.82) is 0 Å². The highest BCUT2D eigenvalue weighted by atomic mass is 35.5. The number of H-pyrrole nitrogens is 1. The fraction of sp³-hybridized carbons (Fsp3) is 0.111. The Morgan fingerprint density at radius 3 is 2.70 bits per heavy atom. The summed E-state index contributed by atoms with van der Waals surface area (Å²) in [6.07, 6.45) is 2.01. The number of anilines is 1. The molecule has 0 fully saturated rings. The van der Waals surface area contributed by atoms with Crippen LogP contribution in [0, 0.1) is 0 Å². The SMILES string of the molecule is CC(=O)Cc1ccc(NC(=O)c2c[nH]c3ccccc23)c(Cl)c1. The Hall–Kier alpha value is -2.59. The second-order valence-corrected chi connectivity index (χ2v) is 5.80. The van der Waals surface area contributed by atoms with Gasteiger partial charge in [0.25, 0.3) is 5.91 Å². The lowest BCUT2D eigenvalue weighted by Crippen LogP contribution is -2.12. The highest BCUT2D eigenvalue weighted by Crippen LogP contribution is 2.25. The molecule has 5 heteroatoms. The van der Waals surface area contributed by atoms with Gasteiger partial charge in [-0.05, 0) is 30.7 Å². The molecular weight excluding hydrogens is 312 g/mol. The van der Waals surface area contributed by atoms with E-state index < -0.39 is 0 Å². The van der Waals surface area contributed by atoms with Crippen LogP contribution in [0.4, 0.5) is 5.69 Å². The van der Waals surface area contributed by atoms with Gasteiger partial charge in [0.05, 0.1) is 16.3 Å². The molecule has 0 aliphatic rings. The molecule has 23 heavy (non-hydrogen) atoms. The number of hydrogen-bond acceptors (Lipinski definition) is 2. The van der Waals surface area contributed by atoms with Crippen molar-refractivity contribution in [2.45, 2.75) is 13.3 Å². The van der Waals surface area contributed by atoms with E-state index in [0.29, 0.717) is 22.7 Å². The van der Waals surface area contributed by atoms with Crippen molar-refractivity contribution in [3.8, 4) is 0 Å². The number of halogens is 1. The van der Waals surface area contributed by atoms with E-state index in [1.807, 2.05) is 24.3 Å². The minimum absolute atomic E-state index is 0.0663. The molecule has 1 aromatic heterocycles. The molecule has 0 unspecified atom stereocenters. The third-order valence-electron chi connectivity index (χ3n) is 3.57. The van der Waals surface area contributed by atoms with Crippen LogP contribution < -0.4 is 5.32 Å². The smallest absolute Gasteiger partial charge is 0.257 e. The summed E-state index contributed by atoms with van der Waals surface area (Å²) in [6, 6.07) is 12.8. The Morgan fingerprint density at radius 2 is 1.96 bits per heavy atom. The van der Waals surface area contributed by atoms with Crippen molar-refractivity contribution in [1.82, 2.24) is 4.98 Å². The maximum Gasteiger partial charge on any atom is 0.257 e. The zero-order valence-corrected chi connectivity index (χ0v) is 13.3. The highest BCUT2D eigenvalue weighted by Gasteiger charge is 2.13. The van der Waals surface area contributed by atoms with Crippen LogP contribution in [-0.2, 0) is 11.2 Å². The molecule has 3 aromatic rings. The summed E-state index contributed by atoms with van der Waals surface area (Å²) in [7, 11) is 0. The van der Waals surface area contributed by atoms with Crippen molar-refractivity contribution in [3.05, 3.63) is 64.8 Å². The lowest BCUT2D eigenvalue weighted by Gasteiger charge is -2.08. The average molecular weight is 327 g/mol. The standard InChI is InChI=1S/C18H15ClN2O2/c1-11(22)8-12-6-7-17(15(19)9-12)21-18(23)14-10-20-16-5-3-2-4-13(14)16/h2-7,9-10,20H,8H2,1H3,(H,21,23). The Labute approximate surface area is 138 Å². The zero-order chi connectivity index (χ0) is 16.4. The van der Waals surface area contributed by atoms with E-state index in [0.717, 1.165) is 16.5 Å². The van der Waals surface area contributed by atoms with Crippen LogP contribution in [0.1, 0.15) is 22.8 Å². The number of hydrogen-bond donors (Lipinski definition) is 2. The van der Waals surface area contributed by atoms with Crippen LogP contribution in [0.3, 0.4) is 0 Å². The Bertz CT molecular complexity index is 899. The number of carbonyl (C=O) groups is 2. The van der Waals surface area contributed by atoms with E-state index in [2.05, 4.69) is 10.3 Å². The normalized spacial score (nSPS) is 10.7. The first-order valence-electron chi connectivity index (χ1n) is 7.20. The molecule has 0 aliphatic carbocycles. The molecule has 4 nitrogen and oxygen atoms in total. The fourth-order valence-electron chi connectivity index (χ4n) is 2.51. The third-order valence-corrected chi connectivity index (χ3v) is 3.88. The van der Waals surface area contributed by atoms with E-state index in [1.54, 1.807) is 24.4 Å². The number of aromatic nitrogens is 1. The molecule has 1 heterocycles. The van der Waals surface area contributed by atoms with Crippen LogP contribution >= 0.6 is 11.6 Å². The molecular formula is C18H15ClN2O2. The van der Waals surface area contributed by atoms with Gasteiger partial charge in [0.15, 0.2) is 0 Å². The Balaban J connectivity index is 1.84. The Morgan fingerprint density at radius 1 is 1.17 bits per heavy atom. The van der Waals surface area contributed by atoms with Crippen LogP contribution in [0.15, 0.2) is 48.7 Å². The average Bonchev–Trinajstić information content (AvgIpc) is 2.93. The molecule has 2 N–H and O–H groups in total. The summed E-state index contributed by atoms with van der Waals surface area (Å²) >= 11 is 6.20. The van der Waals surface area contributed by atoms with Crippen LogP contribution in [-0.4, -0.2) is 16.7 Å². The van der Waals surface area contributed by atoms with E-state index in [1.165, 1.54) is 6.92 Å². The quantitative estimate of drug-likeness (QED) is 0.754. The number of para-hydroxylation sites is 1. The van der Waals surface area contributed by atoms with Gasteiger partial charge in [0.1, 0.15) is 5.78 Å². The first kappa shape index (κ1) is 15.3. The summed E-state index contributed by atoms with van der Waals surface area (Å²) in [5, 5.41) is 4.08. The minimum atomic E-state index is -0.233. The largest absolute Gasteiger partial charge is 0.360 e. The molecule has 0 bridgehead atoms. The second-order valence-electron chi connectivity index (χ2n) is 5.40. The fourth-order valence-corrected chi connectivity index (χ4v) is 2.76. The number of rotatable bonds is 4. The number of fused-ring (bicyclic) bond motifs is 1. The lowest BCUT2D eigenvalue weighted by molar-refractivity contribution is -0.116. The molecule has 1 amide bonds. The third kappa shape index (κ3) is 3.27. The van der Waals surface area contributed by atoms with Gasteiger partial charge in [-0.2, -0.15) is 0 Å². The Kier molecular flexibility index (Phi) is 4.17. The number of nitrogens with one attached hydrogen (secondary N) is 2. The van der Waals surface area contributed by atoms with E-state index >= 15 is 0 Å². The summed E-state index contributed by atoms with van der Waals surface area (Å²) in [5.74, 6) is -0.166. The monoisotopic (exact) mass is 326 g/mol. The van der Waals surface area contributed by atoms with Crippen LogP contribution in [0.2, 0.25) is 5.02 Å². The van der Waals surface area contributed by atoms with E-state index in [4.69, 9.17) is 11.6 Å². The number of ketones is 1. The molecule has 0 aliphatic heterocycles. The number of benzene rings is 2. The number of carbonyl (C=O) groups excluding carboxylic acids is 2. The maximum absolute atomic E-state index is 12.5. The van der Waals surface area contributed by atoms with Gasteiger partial charge < -0.3 is 10.3 Å². The van der Waals surface area contributed by atoms with Gasteiger partial charge in [-0.25, -0.2) is 0 Å². The van der Waals surface area contributed by atoms with Crippen molar-refractivity contribution in [3.63, 3.8) is 0 Å². The second kappa shape index (κ2) is 6.26. The minimum Gasteiger partial charge on any atom is -0.360 e. The number of aromatic amines is 1. The van der Waals surface area contributed by atoms with Crippen molar-refractivity contribution >= 4 is 39.9 Å². The zero-order valence-electron chi connectivity index (χ0n) is 12.5. The summed E-state index contributed by atoms with van der Waals surface area (Å²) in [6.45, 7) is 1.53. The van der Waals surface area contributed by atoms with Crippen molar-refractivity contribution < 1.29 is 9.59 Å². The molecule has 0 radical (unpaired) electrons. The van der Waals surface area contributed by atoms with Crippen molar-refractivity contribution in [2.75, 3.05) is 5.32 Å².